The van der Waals surface area contributed by atoms with Gasteiger partial charge >= 0.3 is 0 Å². The summed E-state index contributed by atoms with van der Waals surface area (Å²) < 4.78 is 7.59. The highest BCUT2D eigenvalue weighted by molar-refractivity contribution is 5.45. The molecule has 0 bridgehead atoms. The number of hydrogen-bond donors (Lipinski definition) is 1. The molecule has 0 aliphatic carbocycles. The number of methoxy groups -OCH3 is 1. The number of anilines is 2. The lowest BCUT2D eigenvalue weighted by molar-refractivity contribution is 0.118. The second-order valence-corrected chi connectivity index (χ2v) is 7.02. The minimum Gasteiger partial charge on any atom is -0.380 e. The van der Waals surface area contributed by atoms with E-state index in [1.807, 2.05) is 48.9 Å². The van der Waals surface area contributed by atoms with E-state index in [4.69, 9.17) is 9.72 Å². The summed E-state index contributed by atoms with van der Waals surface area (Å²) in [7, 11) is 1.77. The number of ether oxygens (including phenoxy) is 1. The Kier molecular flexibility index (Phi) is 5.21. The van der Waals surface area contributed by atoms with Crippen LogP contribution in [-0.4, -0.2) is 56.8 Å². The Bertz CT molecular complexity index is 942. The van der Waals surface area contributed by atoms with Crippen molar-refractivity contribution >= 4 is 11.6 Å². The molecule has 1 aliphatic rings. The monoisotopic (exact) mass is 379 g/mol. The van der Waals surface area contributed by atoms with Gasteiger partial charge in [0, 0.05) is 44.4 Å². The molecule has 2 atom stereocenters. The number of nitrogens with zero attached hydrogens (tertiary/aromatic N) is 6. The third-order valence-corrected chi connectivity index (χ3v) is 5.12. The molecule has 1 saturated heterocycles. The molecule has 0 aromatic carbocycles. The molecule has 0 spiro atoms. The first-order valence-electron chi connectivity index (χ1n) is 9.43. The summed E-state index contributed by atoms with van der Waals surface area (Å²) in [5, 5.41) is 3.48. The second kappa shape index (κ2) is 7.93. The molecule has 28 heavy (non-hydrogen) atoms. The van der Waals surface area contributed by atoms with Gasteiger partial charge in [-0.3, -0.25) is 4.57 Å². The van der Waals surface area contributed by atoms with Gasteiger partial charge in [-0.2, -0.15) is 0 Å². The Labute approximate surface area is 164 Å². The molecule has 1 aliphatic heterocycles. The molecule has 8 heteroatoms. The number of rotatable bonds is 6. The molecular weight excluding hydrogens is 354 g/mol. The number of aryl methyl sites for hydroxylation is 2. The standard InChI is InChI=1S/C20H25N7O/c1-14-9-20(24-13-23-14)27-12-17(28-3)10-16(27)11-22-18-5-4-6-19(25-18)26-8-7-21-15(26)2/h4-9,13,16-17H,10-12H2,1-3H3,(H,22,25)/t16-,17-/m1/s1. The first kappa shape index (κ1) is 18.4. The molecule has 3 aromatic heterocycles. The molecular formula is C20H25N7O. The lowest BCUT2D eigenvalue weighted by Crippen LogP contribution is -2.36. The summed E-state index contributed by atoms with van der Waals surface area (Å²) in [4.78, 5) is 20.0. The Balaban J connectivity index is 1.49. The van der Waals surface area contributed by atoms with E-state index in [0.29, 0.717) is 0 Å². The molecule has 3 aromatic rings. The van der Waals surface area contributed by atoms with Crippen LogP contribution in [0.2, 0.25) is 0 Å². The highest BCUT2D eigenvalue weighted by atomic mass is 16.5. The zero-order valence-electron chi connectivity index (χ0n) is 16.4. The number of nitrogens with one attached hydrogen (secondary N) is 1. The molecule has 146 valence electrons. The fraction of sp³-hybridized carbons (Fsp3) is 0.400. The van der Waals surface area contributed by atoms with Gasteiger partial charge in [0.25, 0.3) is 0 Å². The van der Waals surface area contributed by atoms with E-state index in [0.717, 1.165) is 48.5 Å². The van der Waals surface area contributed by atoms with Gasteiger partial charge in [0.2, 0.25) is 0 Å². The lowest BCUT2D eigenvalue weighted by atomic mass is 10.2. The second-order valence-electron chi connectivity index (χ2n) is 7.02. The zero-order valence-corrected chi connectivity index (χ0v) is 16.4. The SMILES string of the molecule is CO[C@@H]1C[C@H](CNc2cccc(-n3ccnc3C)n2)N(c2cc(C)ncn2)C1. The van der Waals surface area contributed by atoms with Crippen molar-refractivity contribution in [1.29, 1.82) is 0 Å². The topological polar surface area (TPSA) is 81.0 Å². The summed E-state index contributed by atoms with van der Waals surface area (Å²) in [6, 6.07) is 8.25. The van der Waals surface area contributed by atoms with Gasteiger partial charge in [0.15, 0.2) is 0 Å². The van der Waals surface area contributed by atoms with Crippen LogP contribution in [0.25, 0.3) is 5.82 Å². The third kappa shape index (κ3) is 3.82. The highest BCUT2D eigenvalue weighted by Crippen LogP contribution is 2.26. The Morgan fingerprint density at radius 2 is 2.07 bits per heavy atom. The third-order valence-electron chi connectivity index (χ3n) is 5.12. The summed E-state index contributed by atoms with van der Waals surface area (Å²) in [6.45, 7) is 5.52. The largest absolute Gasteiger partial charge is 0.380 e. The first-order chi connectivity index (χ1) is 13.6. The molecule has 8 nitrogen and oxygen atoms in total. The van der Waals surface area contributed by atoms with Crippen LogP contribution in [0.1, 0.15) is 17.9 Å². The average Bonchev–Trinajstić information content (AvgIpc) is 3.32. The van der Waals surface area contributed by atoms with Crippen molar-refractivity contribution in [2.75, 3.05) is 30.4 Å². The van der Waals surface area contributed by atoms with Crippen molar-refractivity contribution in [2.24, 2.45) is 0 Å². The van der Waals surface area contributed by atoms with Crippen molar-refractivity contribution in [1.82, 2.24) is 24.5 Å². The fourth-order valence-corrected chi connectivity index (χ4v) is 3.61. The van der Waals surface area contributed by atoms with Crippen molar-refractivity contribution in [3.63, 3.8) is 0 Å². The predicted octanol–water partition coefficient (Wildman–Crippen LogP) is 2.38. The van der Waals surface area contributed by atoms with Crippen LogP contribution in [0, 0.1) is 13.8 Å². The smallest absolute Gasteiger partial charge is 0.140 e. The maximum Gasteiger partial charge on any atom is 0.140 e. The average molecular weight is 379 g/mol. The van der Waals surface area contributed by atoms with E-state index in [2.05, 4.69) is 25.2 Å². The van der Waals surface area contributed by atoms with E-state index in [1.165, 1.54) is 0 Å². The van der Waals surface area contributed by atoms with Crippen LogP contribution in [0.4, 0.5) is 11.6 Å². The van der Waals surface area contributed by atoms with E-state index >= 15 is 0 Å². The van der Waals surface area contributed by atoms with Crippen molar-refractivity contribution in [2.45, 2.75) is 32.4 Å². The molecule has 1 fully saturated rings. The lowest BCUT2D eigenvalue weighted by Gasteiger charge is -2.26. The predicted molar refractivity (Wildman–Crippen MR) is 108 cm³/mol. The summed E-state index contributed by atoms with van der Waals surface area (Å²) in [5.74, 6) is 3.54. The van der Waals surface area contributed by atoms with Gasteiger partial charge in [-0.05, 0) is 32.4 Å². The van der Waals surface area contributed by atoms with Crippen molar-refractivity contribution in [3.05, 3.63) is 54.5 Å². The van der Waals surface area contributed by atoms with E-state index in [9.17, 15) is 0 Å². The summed E-state index contributed by atoms with van der Waals surface area (Å²) in [5.41, 5.74) is 0.961. The van der Waals surface area contributed by atoms with Gasteiger partial charge < -0.3 is 15.0 Å². The van der Waals surface area contributed by atoms with Crippen molar-refractivity contribution < 1.29 is 4.74 Å². The number of pyridine rings is 1. The normalized spacial score (nSPS) is 19.2. The zero-order chi connectivity index (χ0) is 19.5. The van der Waals surface area contributed by atoms with Gasteiger partial charge in [-0.25, -0.2) is 19.9 Å². The van der Waals surface area contributed by atoms with Crippen LogP contribution < -0.4 is 10.2 Å². The molecule has 4 heterocycles. The minimum absolute atomic E-state index is 0.190. The molecule has 0 amide bonds. The minimum atomic E-state index is 0.190. The highest BCUT2D eigenvalue weighted by Gasteiger charge is 2.33. The summed E-state index contributed by atoms with van der Waals surface area (Å²) in [6.07, 6.45) is 6.44. The number of hydrogen-bond acceptors (Lipinski definition) is 7. The molecule has 0 saturated carbocycles. The quantitative estimate of drug-likeness (QED) is 0.704. The molecule has 1 N–H and O–H groups in total. The van der Waals surface area contributed by atoms with Crippen molar-refractivity contribution in [3.8, 4) is 5.82 Å². The number of imidazole rings is 1. The van der Waals surface area contributed by atoms with Gasteiger partial charge in [-0.1, -0.05) is 6.07 Å². The maximum absolute atomic E-state index is 5.62. The van der Waals surface area contributed by atoms with Crippen LogP contribution in [0.3, 0.4) is 0 Å². The van der Waals surface area contributed by atoms with Crippen LogP contribution in [0.5, 0.6) is 0 Å². The Hall–Kier alpha value is -3.00. The van der Waals surface area contributed by atoms with E-state index < -0.39 is 0 Å². The Morgan fingerprint density at radius 1 is 1.18 bits per heavy atom. The van der Waals surface area contributed by atoms with Gasteiger partial charge in [-0.15, -0.1) is 0 Å². The fourth-order valence-electron chi connectivity index (χ4n) is 3.61. The van der Waals surface area contributed by atoms with Crippen LogP contribution >= 0.6 is 0 Å². The summed E-state index contributed by atoms with van der Waals surface area (Å²) >= 11 is 0. The van der Waals surface area contributed by atoms with Gasteiger partial charge in [0.05, 0.1) is 12.1 Å². The molecule has 4 rings (SSSR count). The van der Waals surface area contributed by atoms with E-state index in [-0.39, 0.29) is 12.1 Å². The first-order valence-corrected chi connectivity index (χ1v) is 9.43. The molecule has 0 unspecified atom stereocenters. The molecule has 0 radical (unpaired) electrons. The van der Waals surface area contributed by atoms with E-state index in [1.54, 1.807) is 19.6 Å². The number of aromatic nitrogens is 5. The van der Waals surface area contributed by atoms with Gasteiger partial charge in [0.1, 0.15) is 29.6 Å². The Morgan fingerprint density at radius 3 is 2.82 bits per heavy atom. The van der Waals surface area contributed by atoms with Crippen LogP contribution in [0.15, 0.2) is 43.0 Å². The maximum atomic E-state index is 5.62. The van der Waals surface area contributed by atoms with Crippen LogP contribution in [-0.2, 0) is 4.74 Å².